The Bertz CT molecular complexity index is 789. The fourth-order valence-electron chi connectivity index (χ4n) is 3.42. The van der Waals surface area contributed by atoms with Gasteiger partial charge >= 0.3 is 4.87 Å². The number of carbonyl (C=O) groups is 1. The highest BCUT2D eigenvalue weighted by Gasteiger charge is 2.48. The highest BCUT2D eigenvalue weighted by molar-refractivity contribution is 7.09. The number of hydrogen-bond acceptors (Lipinski definition) is 3. The van der Waals surface area contributed by atoms with Crippen LogP contribution in [0.15, 0.2) is 35.1 Å². The minimum atomic E-state index is -0.0515. The Kier molecular flexibility index (Phi) is 3.92. The molecule has 23 heavy (non-hydrogen) atoms. The van der Waals surface area contributed by atoms with Gasteiger partial charge in [0.15, 0.2) is 0 Å². The second-order valence-corrected chi connectivity index (χ2v) is 8.08. The number of aryl methyl sites for hydroxylation is 1. The smallest absolute Gasteiger partial charge is 0.308 e. The van der Waals surface area contributed by atoms with E-state index in [1.165, 1.54) is 11.3 Å². The quantitative estimate of drug-likeness (QED) is 0.868. The van der Waals surface area contributed by atoms with E-state index in [0.717, 1.165) is 22.7 Å². The van der Waals surface area contributed by atoms with E-state index in [-0.39, 0.29) is 28.8 Å². The van der Waals surface area contributed by atoms with Crippen molar-refractivity contribution in [2.45, 2.75) is 40.3 Å². The summed E-state index contributed by atoms with van der Waals surface area (Å²) in [5.41, 5.74) is 2.11. The number of rotatable bonds is 3. The van der Waals surface area contributed by atoms with Gasteiger partial charge in [-0.15, -0.1) is 0 Å². The van der Waals surface area contributed by atoms with Crippen LogP contribution in [0.3, 0.4) is 0 Å². The second-order valence-electron chi connectivity index (χ2n) is 6.92. The van der Waals surface area contributed by atoms with Crippen LogP contribution in [0.4, 0.5) is 0 Å². The Balaban J connectivity index is 1.84. The largest absolute Gasteiger partial charge is 0.333 e. The predicted molar refractivity (Wildman–Crippen MR) is 92.7 cm³/mol. The molecule has 1 aliphatic heterocycles. The van der Waals surface area contributed by atoms with Crippen LogP contribution >= 0.6 is 11.3 Å². The van der Waals surface area contributed by atoms with Crippen molar-refractivity contribution in [1.82, 2.24) is 9.47 Å². The molecule has 4 nitrogen and oxygen atoms in total. The SMILES string of the molecule is Cc1sc(=O)n(CC(=O)N2CC(C)(C)C2c2ccccc2)c1C. The Morgan fingerprint density at radius 1 is 1.26 bits per heavy atom. The van der Waals surface area contributed by atoms with Crippen molar-refractivity contribution in [3.05, 3.63) is 56.1 Å². The lowest BCUT2D eigenvalue weighted by Crippen LogP contribution is -2.58. The standard InChI is InChI=1S/C18H22N2O2S/c1-12-13(2)23-17(22)19(12)10-15(21)20-11-18(3,4)16(20)14-8-6-5-7-9-14/h5-9,16H,10-11H2,1-4H3. The number of aromatic nitrogens is 1. The topological polar surface area (TPSA) is 42.3 Å². The van der Waals surface area contributed by atoms with Crippen molar-refractivity contribution in [3.63, 3.8) is 0 Å². The lowest BCUT2D eigenvalue weighted by molar-refractivity contribution is -0.152. The molecular formula is C18H22N2O2S. The summed E-state index contributed by atoms with van der Waals surface area (Å²) in [6.45, 7) is 9.04. The minimum absolute atomic E-state index is 0.0150. The predicted octanol–water partition coefficient (Wildman–Crippen LogP) is 3.14. The minimum Gasteiger partial charge on any atom is -0.333 e. The first-order valence-corrected chi connectivity index (χ1v) is 8.64. The maximum Gasteiger partial charge on any atom is 0.308 e. The highest BCUT2D eigenvalue weighted by Crippen LogP contribution is 2.48. The van der Waals surface area contributed by atoms with Gasteiger partial charge in [0.25, 0.3) is 0 Å². The number of likely N-dealkylation sites (tertiary alicyclic amines) is 1. The van der Waals surface area contributed by atoms with Gasteiger partial charge in [-0.25, -0.2) is 0 Å². The first kappa shape index (κ1) is 16.0. The van der Waals surface area contributed by atoms with Crippen molar-refractivity contribution in [1.29, 1.82) is 0 Å². The summed E-state index contributed by atoms with van der Waals surface area (Å²) < 4.78 is 1.59. The molecule has 3 rings (SSSR count). The lowest BCUT2D eigenvalue weighted by atomic mass is 9.71. The Morgan fingerprint density at radius 2 is 1.91 bits per heavy atom. The summed E-state index contributed by atoms with van der Waals surface area (Å²) in [7, 11) is 0. The number of hydrogen-bond donors (Lipinski definition) is 0. The van der Waals surface area contributed by atoms with Crippen molar-refractivity contribution in [2.75, 3.05) is 6.54 Å². The Hall–Kier alpha value is -1.88. The van der Waals surface area contributed by atoms with Crippen molar-refractivity contribution in [3.8, 4) is 0 Å². The molecule has 1 atom stereocenters. The maximum atomic E-state index is 12.8. The second kappa shape index (κ2) is 5.64. The molecule has 1 fully saturated rings. The average Bonchev–Trinajstić information content (AvgIpc) is 2.72. The van der Waals surface area contributed by atoms with Crippen LogP contribution in [-0.2, 0) is 11.3 Å². The van der Waals surface area contributed by atoms with Crippen molar-refractivity contribution >= 4 is 17.2 Å². The van der Waals surface area contributed by atoms with E-state index in [0.29, 0.717) is 0 Å². The fraction of sp³-hybridized carbons (Fsp3) is 0.444. The van der Waals surface area contributed by atoms with Gasteiger partial charge in [-0.3, -0.25) is 14.2 Å². The van der Waals surface area contributed by atoms with Gasteiger partial charge in [0.05, 0.1) is 6.04 Å². The zero-order valence-electron chi connectivity index (χ0n) is 14.0. The number of carbonyl (C=O) groups excluding carboxylic acids is 1. The van der Waals surface area contributed by atoms with Crippen molar-refractivity contribution in [2.24, 2.45) is 5.41 Å². The molecule has 0 saturated carbocycles. The summed E-state index contributed by atoms with van der Waals surface area (Å²) in [6, 6.07) is 10.2. The third-order valence-electron chi connectivity index (χ3n) is 4.73. The molecule has 0 spiro atoms. The summed E-state index contributed by atoms with van der Waals surface area (Å²) in [4.78, 5) is 27.6. The monoisotopic (exact) mass is 330 g/mol. The van der Waals surface area contributed by atoms with Gasteiger partial charge < -0.3 is 4.90 Å². The number of nitrogens with zero attached hydrogens (tertiary/aromatic N) is 2. The molecule has 1 amide bonds. The first-order chi connectivity index (χ1) is 10.8. The van der Waals surface area contributed by atoms with Crippen LogP contribution in [0.5, 0.6) is 0 Å². The van der Waals surface area contributed by atoms with E-state index >= 15 is 0 Å². The summed E-state index contributed by atoms with van der Waals surface area (Å²) in [6.07, 6.45) is 0. The van der Waals surface area contributed by atoms with Crippen LogP contribution in [0.2, 0.25) is 0 Å². The Morgan fingerprint density at radius 3 is 2.43 bits per heavy atom. The third-order valence-corrected chi connectivity index (χ3v) is 5.73. The van der Waals surface area contributed by atoms with Gasteiger partial charge in [-0.05, 0) is 19.4 Å². The van der Waals surface area contributed by atoms with Gasteiger partial charge in [0.1, 0.15) is 6.54 Å². The number of thiazole rings is 1. The van der Waals surface area contributed by atoms with E-state index in [2.05, 4.69) is 26.0 Å². The highest BCUT2D eigenvalue weighted by atomic mass is 32.1. The summed E-state index contributed by atoms with van der Waals surface area (Å²) in [5, 5.41) is 0. The normalized spacial score (nSPS) is 19.5. The van der Waals surface area contributed by atoms with E-state index in [9.17, 15) is 9.59 Å². The van der Waals surface area contributed by atoms with Crippen LogP contribution in [0, 0.1) is 19.3 Å². The van der Waals surface area contributed by atoms with Gasteiger partial charge in [0.2, 0.25) is 5.91 Å². The van der Waals surface area contributed by atoms with Gasteiger partial charge in [-0.1, -0.05) is 55.5 Å². The molecule has 0 aliphatic carbocycles. The third kappa shape index (κ3) is 2.74. The lowest BCUT2D eigenvalue weighted by Gasteiger charge is -2.54. The van der Waals surface area contributed by atoms with Gasteiger partial charge in [-0.2, -0.15) is 0 Å². The zero-order chi connectivity index (χ0) is 16.8. The van der Waals surface area contributed by atoms with Crippen LogP contribution in [0.1, 0.15) is 36.0 Å². The fourth-order valence-corrected chi connectivity index (χ4v) is 4.25. The molecule has 2 aromatic rings. The van der Waals surface area contributed by atoms with Crippen molar-refractivity contribution < 1.29 is 4.79 Å². The molecular weight excluding hydrogens is 308 g/mol. The van der Waals surface area contributed by atoms with Crippen LogP contribution in [-0.4, -0.2) is 21.9 Å². The van der Waals surface area contributed by atoms with Gasteiger partial charge in [0, 0.05) is 22.5 Å². The summed E-state index contributed by atoms with van der Waals surface area (Å²) in [5.74, 6) is 0.0150. The molecule has 1 saturated heterocycles. The molecule has 1 aromatic heterocycles. The number of benzene rings is 1. The molecule has 0 N–H and O–H groups in total. The molecule has 0 bridgehead atoms. The molecule has 5 heteroatoms. The van der Waals surface area contributed by atoms with E-state index in [1.807, 2.05) is 36.9 Å². The molecule has 122 valence electrons. The first-order valence-electron chi connectivity index (χ1n) is 7.82. The van der Waals surface area contributed by atoms with E-state index in [1.54, 1.807) is 4.57 Å². The molecule has 2 heterocycles. The van der Waals surface area contributed by atoms with Crippen LogP contribution in [0.25, 0.3) is 0 Å². The molecule has 0 radical (unpaired) electrons. The zero-order valence-corrected chi connectivity index (χ0v) is 14.8. The van der Waals surface area contributed by atoms with E-state index < -0.39 is 0 Å². The Labute approximate surface area is 140 Å². The van der Waals surface area contributed by atoms with Crippen LogP contribution < -0.4 is 4.87 Å². The molecule has 1 aromatic carbocycles. The average molecular weight is 330 g/mol. The maximum absolute atomic E-state index is 12.8. The number of amides is 1. The molecule has 1 aliphatic rings. The molecule has 1 unspecified atom stereocenters. The summed E-state index contributed by atoms with van der Waals surface area (Å²) >= 11 is 1.21. The van der Waals surface area contributed by atoms with E-state index in [4.69, 9.17) is 0 Å².